The van der Waals surface area contributed by atoms with Crippen LogP contribution in [0.25, 0.3) is 0 Å². The maximum absolute atomic E-state index is 10.3. The Morgan fingerprint density at radius 2 is 1.88 bits per heavy atom. The summed E-state index contributed by atoms with van der Waals surface area (Å²) in [5.41, 5.74) is 2.18. The Bertz CT molecular complexity index is 792. The average Bonchev–Trinajstić information content (AvgIpc) is 2.54. The number of aromatic hydroxyl groups is 3. The summed E-state index contributed by atoms with van der Waals surface area (Å²) < 4.78 is 5.80. The molecule has 0 aromatic heterocycles. The van der Waals surface area contributed by atoms with Gasteiger partial charge in [0, 0.05) is 34.6 Å². The number of ether oxygens (including phenoxy) is 1. The van der Waals surface area contributed by atoms with E-state index in [-0.39, 0.29) is 28.6 Å². The Balaban J connectivity index is 1.98. The van der Waals surface area contributed by atoms with Crippen molar-refractivity contribution >= 4 is 0 Å². The van der Waals surface area contributed by atoms with Crippen LogP contribution in [0.3, 0.4) is 0 Å². The van der Waals surface area contributed by atoms with Crippen molar-refractivity contribution in [2.24, 2.45) is 0 Å². The van der Waals surface area contributed by atoms with E-state index in [0.29, 0.717) is 18.8 Å². The molecule has 1 atom stereocenters. The molecule has 1 unspecified atom stereocenters. The molecule has 0 fully saturated rings. The van der Waals surface area contributed by atoms with Crippen molar-refractivity contribution in [3.05, 3.63) is 59.7 Å². The predicted octanol–water partition coefficient (Wildman–Crippen LogP) is 3.99. The van der Waals surface area contributed by atoms with Crippen molar-refractivity contribution in [2.75, 3.05) is 6.61 Å². The molecule has 0 saturated heterocycles. The van der Waals surface area contributed by atoms with Gasteiger partial charge in [-0.05, 0) is 24.1 Å². The molecule has 0 bridgehead atoms. The molecule has 0 radical (unpaired) electrons. The first-order chi connectivity index (χ1) is 11.3. The zero-order valence-corrected chi connectivity index (χ0v) is 13.9. The Morgan fingerprint density at radius 1 is 1.12 bits per heavy atom. The molecule has 2 aromatic carbocycles. The molecule has 0 aliphatic carbocycles. The maximum atomic E-state index is 10.3. The Kier molecular flexibility index (Phi) is 3.91. The number of rotatable bonds is 3. The minimum Gasteiger partial charge on any atom is -0.508 e. The van der Waals surface area contributed by atoms with E-state index in [9.17, 15) is 15.3 Å². The molecule has 2 aromatic rings. The number of benzene rings is 2. The SMILES string of the molecule is C=CC(C)(C)c1cc2c(cc1O)OCC(c1ccc(O)cc1O)C2. The van der Waals surface area contributed by atoms with E-state index >= 15 is 0 Å². The number of phenolic OH excluding ortho intramolecular Hbond substituents is 3. The zero-order chi connectivity index (χ0) is 17.5. The monoisotopic (exact) mass is 326 g/mol. The van der Waals surface area contributed by atoms with Gasteiger partial charge < -0.3 is 20.1 Å². The lowest BCUT2D eigenvalue weighted by atomic mass is 9.81. The van der Waals surface area contributed by atoms with Crippen LogP contribution in [-0.4, -0.2) is 21.9 Å². The summed E-state index contributed by atoms with van der Waals surface area (Å²) in [7, 11) is 0. The fourth-order valence-corrected chi connectivity index (χ4v) is 3.13. The molecule has 1 aliphatic rings. The van der Waals surface area contributed by atoms with Crippen molar-refractivity contribution in [3.63, 3.8) is 0 Å². The molecule has 4 heteroatoms. The second-order valence-corrected chi connectivity index (χ2v) is 6.86. The molecule has 0 spiro atoms. The highest BCUT2D eigenvalue weighted by molar-refractivity contribution is 5.52. The van der Waals surface area contributed by atoms with Gasteiger partial charge in [0.05, 0.1) is 6.61 Å². The molecular formula is C20H22O4. The highest BCUT2D eigenvalue weighted by atomic mass is 16.5. The zero-order valence-electron chi connectivity index (χ0n) is 13.9. The van der Waals surface area contributed by atoms with Crippen LogP contribution in [0.4, 0.5) is 0 Å². The predicted molar refractivity (Wildman–Crippen MR) is 93.0 cm³/mol. The van der Waals surface area contributed by atoms with Gasteiger partial charge in [0.15, 0.2) is 0 Å². The summed E-state index contributed by atoms with van der Waals surface area (Å²) in [5.74, 6) is 0.961. The number of fused-ring (bicyclic) bond motifs is 1. The lowest BCUT2D eigenvalue weighted by Gasteiger charge is -2.29. The van der Waals surface area contributed by atoms with Gasteiger partial charge in [-0.25, -0.2) is 0 Å². The van der Waals surface area contributed by atoms with Crippen LogP contribution in [0.2, 0.25) is 0 Å². The van der Waals surface area contributed by atoms with Gasteiger partial charge in [0.2, 0.25) is 0 Å². The van der Waals surface area contributed by atoms with Crippen molar-refractivity contribution in [2.45, 2.75) is 31.6 Å². The molecule has 126 valence electrons. The maximum Gasteiger partial charge on any atom is 0.126 e. The molecule has 3 rings (SSSR count). The fourth-order valence-electron chi connectivity index (χ4n) is 3.13. The van der Waals surface area contributed by atoms with Crippen molar-refractivity contribution < 1.29 is 20.1 Å². The van der Waals surface area contributed by atoms with Gasteiger partial charge in [0.25, 0.3) is 0 Å². The van der Waals surface area contributed by atoms with Crippen LogP contribution in [0, 0.1) is 0 Å². The lowest BCUT2D eigenvalue weighted by molar-refractivity contribution is 0.258. The summed E-state index contributed by atoms with van der Waals surface area (Å²) in [6, 6.07) is 8.24. The van der Waals surface area contributed by atoms with E-state index in [0.717, 1.165) is 16.7 Å². The van der Waals surface area contributed by atoms with E-state index in [4.69, 9.17) is 4.74 Å². The topological polar surface area (TPSA) is 69.9 Å². The highest BCUT2D eigenvalue weighted by Crippen LogP contribution is 2.42. The van der Waals surface area contributed by atoms with Gasteiger partial charge in [-0.2, -0.15) is 0 Å². The van der Waals surface area contributed by atoms with Crippen molar-refractivity contribution in [1.29, 1.82) is 0 Å². The number of phenols is 3. The van der Waals surface area contributed by atoms with E-state index in [1.54, 1.807) is 24.3 Å². The van der Waals surface area contributed by atoms with Crippen LogP contribution in [-0.2, 0) is 11.8 Å². The number of hydrogen-bond donors (Lipinski definition) is 3. The molecule has 4 nitrogen and oxygen atoms in total. The lowest BCUT2D eigenvalue weighted by Crippen LogP contribution is -2.21. The molecular weight excluding hydrogens is 304 g/mol. The van der Waals surface area contributed by atoms with Crippen molar-refractivity contribution in [1.82, 2.24) is 0 Å². The molecule has 24 heavy (non-hydrogen) atoms. The van der Waals surface area contributed by atoms with Crippen LogP contribution in [0.5, 0.6) is 23.0 Å². The number of hydrogen-bond acceptors (Lipinski definition) is 4. The van der Waals surface area contributed by atoms with Gasteiger partial charge in [-0.1, -0.05) is 26.0 Å². The standard InChI is InChI=1S/C20H22O4/c1-4-20(2,3)16-8-12-7-13(11-24-19(12)10-18(16)23)15-6-5-14(21)9-17(15)22/h4-6,8-10,13,21-23H,1,7,11H2,2-3H3. The first-order valence-corrected chi connectivity index (χ1v) is 7.96. The Hall–Kier alpha value is -2.62. The van der Waals surface area contributed by atoms with E-state index < -0.39 is 0 Å². The van der Waals surface area contributed by atoms with E-state index in [1.807, 2.05) is 19.9 Å². The first kappa shape index (κ1) is 16.2. The second-order valence-electron chi connectivity index (χ2n) is 6.86. The summed E-state index contributed by atoms with van der Waals surface area (Å²) in [5, 5.41) is 29.8. The minimum absolute atomic E-state index is 0.0117. The Labute approximate surface area is 141 Å². The van der Waals surface area contributed by atoms with Crippen LogP contribution in [0.1, 0.15) is 36.5 Å². The summed E-state index contributed by atoms with van der Waals surface area (Å²) in [6.45, 7) is 8.25. The molecule has 3 N–H and O–H groups in total. The highest BCUT2D eigenvalue weighted by Gasteiger charge is 2.28. The first-order valence-electron chi connectivity index (χ1n) is 7.96. The third-order valence-corrected chi connectivity index (χ3v) is 4.74. The molecule has 1 aliphatic heterocycles. The third kappa shape index (κ3) is 2.80. The minimum atomic E-state index is -0.354. The second kappa shape index (κ2) is 5.78. The van der Waals surface area contributed by atoms with E-state index in [1.165, 1.54) is 6.07 Å². The van der Waals surface area contributed by atoms with E-state index in [2.05, 4.69) is 6.58 Å². The molecule has 0 saturated carbocycles. The fraction of sp³-hybridized carbons (Fsp3) is 0.300. The summed E-state index contributed by atoms with van der Waals surface area (Å²) >= 11 is 0. The van der Waals surface area contributed by atoms with Crippen LogP contribution < -0.4 is 4.74 Å². The van der Waals surface area contributed by atoms with Gasteiger partial charge in [-0.3, -0.25) is 0 Å². The number of allylic oxidation sites excluding steroid dienone is 1. The average molecular weight is 326 g/mol. The van der Waals surface area contributed by atoms with Gasteiger partial charge in [-0.15, -0.1) is 6.58 Å². The molecule has 1 heterocycles. The quantitative estimate of drug-likeness (QED) is 0.746. The Morgan fingerprint density at radius 3 is 2.54 bits per heavy atom. The smallest absolute Gasteiger partial charge is 0.126 e. The molecule has 0 amide bonds. The summed E-state index contributed by atoms with van der Waals surface area (Å²) in [6.07, 6.45) is 2.50. The van der Waals surface area contributed by atoms with Gasteiger partial charge >= 0.3 is 0 Å². The largest absolute Gasteiger partial charge is 0.508 e. The third-order valence-electron chi connectivity index (χ3n) is 4.74. The van der Waals surface area contributed by atoms with Crippen LogP contribution >= 0.6 is 0 Å². The van der Waals surface area contributed by atoms with Crippen molar-refractivity contribution in [3.8, 4) is 23.0 Å². The van der Waals surface area contributed by atoms with Crippen LogP contribution in [0.15, 0.2) is 43.0 Å². The van der Waals surface area contributed by atoms with Gasteiger partial charge in [0.1, 0.15) is 23.0 Å². The summed E-state index contributed by atoms with van der Waals surface area (Å²) in [4.78, 5) is 0. The normalized spacial score (nSPS) is 17.0.